The molecule has 0 saturated heterocycles. The SMILES string of the molecule is c1ccc(C2(c3cccc4c3Cc3ccccc3-4)c3ccccc3Nc3ccccc32)cc1. The van der Waals surface area contributed by atoms with Crippen molar-refractivity contribution >= 4 is 11.4 Å². The predicted octanol–water partition coefficient (Wildman–Crippen LogP) is 7.70. The van der Waals surface area contributed by atoms with Gasteiger partial charge < -0.3 is 5.32 Å². The van der Waals surface area contributed by atoms with Gasteiger partial charge in [0.1, 0.15) is 0 Å². The van der Waals surface area contributed by atoms with Crippen LogP contribution in [0.2, 0.25) is 0 Å². The fraction of sp³-hybridized carbons (Fsp3) is 0.0625. The van der Waals surface area contributed by atoms with Crippen LogP contribution in [-0.4, -0.2) is 0 Å². The zero-order valence-corrected chi connectivity index (χ0v) is 18.3. The first-order chi connectivity index (χ1) is 16.4. The molecule has 156 valence electrons. The van der Waals surface area contributed by atoms with E-state index in [0.717, 1.165) is 6.42 Å². The smallest absolute Gasteiger partial charge is 0.0744 e. The van der Waals surface area contributed by atoms with Crippen LogP contribution in [0.4, 0.5) is 11.4 Å². The molecule has 0 fully saturated rings. The Morgan fingerprint density at radius 3 is 1.82 bits per heavy atom. The highest BCUT2D eigenvalue weighted by molar-refractivity contribution is 5.85. The molecule has 0 saturated carbocycles. The molecule has 0 unspecified atom stereocenters. The Hall–Kier alpha value is -4.10. The number of nitrogens with one attached hydrogen (secondary N) is 1. The average Bonchev–Trinajstić information content (AvgIpc) is 3.27. The second-order valence-corrected chi connectivity index (χ2v) is 9.00. The molecule has 0 amide bonds. The van der Waals surface area contributed by atoms with E-state index in [1.807, 2.05) is 0 Å². The third-order valence-electron chi connectivity index (χ3n) is 7.39. The molecule has 0 atom stereocenters. The maximum absolute atomic E-state index is 3.72. The molecule has 1 heterocycles. The Morgan fingerprint density at radius 2 is 1.06 bits per heavy atom. The van der Waals surface area contributed by atoms with Gasteiger partial charge >= 0.3 is 0 Å². The van der Waals surface area contributed by atoms with E-state index in [1.54, 1.807) is 0 Å². The summed E-state index contributed by atoms with van der Waals surface area (Å²) < 4.78 is 0. The maximum Gasteiger partial charge on any atom is 0.0744 e. The zero-order valence-electron chi connectivity index (χ0n) is 18.3. The summed E-state index contributed by atoms with van der Waals surface area (Å²) in [6.45, 7) is 0. The molecule has 5 aromatic rings. The van der Waals surface area contributed by atoms with E-state index in [1.165, 1.54) is 55.9 Å². The summed E-state index contributed by atoms with van der Waals surface area (Å²) in [5.74, 6) is 0. The van der Waals surface area contributed by atoms with Gasteiger partial charge in [0, 0.05) is 11.4 Å². The van der Waals surface area contributed by atoms with Crippen LogP contribution in [0.15, 0.2) is 121 Å². The van der Waals surface area contributed by atoms with E-state index in [0.29, 0.717) is 0 Å². The summed E-state index contributed by atoms with van der Waals surface area (Å²) in [6, 6.07) is 44.4. The van der Waals surface area contributed by atoms with Crippen molar-refractivity contribution in [3.8, 4) is 11.1 Å². The summed E-state index contributed by atoms with van der Waals surface area (Å²) in [7, 11) is 0. The van der Waals surface area contributed by atoms with E-state index in [2.05, 4.69) is 127 Å². The average molecular weight is 422 g/mol. The van der Waals surface area contributed by atoms with Gasteiger partial charge in [-0.25, -0.2) is 0 Å². The van der Waals surface area contributed by atoms with E-state index in [9.17, 15) is 0 Å². The van der Waals surface area contributed by atoms with Gasteiger partial charge in [-0.1, -0.05) is 109 Å². The molecule has 7 rings (SSSR count). The largest absolute Gasteiger partial charge is 0.355 e. The van der Waals surface area contributed by atoms with Gasteiger partial charge in [-0.05, 0) is 63.1 Å². The van der Waals surface area contributed by atoms with Gasteiger partial charge in [-0.2, -0.15) is 0 Å². The van der Waals surface area contributed by atoms with Crippen LogP contribution < -0.4 is 5.32 Å². The summed E-state index contributed by atoms with van der Waals surface area (Å²) in [4.78, 5) is 0. The van der Waals surface area contributed by atoms with Gasteiger partial charge in [-0.3, -0.25) is 0 Å². The third-order valence-corrected chi connectivity index (χ3v) is 7.39. The molecule has 1 N–H and O–H groups in total. The number of hydrogen-bond donors (Lipinski definition) is 1. The quantitative estimate of drug-likeness (QED) is 0.302. The molecule has 2 aliphatic rings. The minimum atomic E-state index is -0.396. The Kier molecular flexibility index (Phi) is 3.89. The minimum absolute atomic E-state index is 0.396. The van der Waals surface area contributed by atoms with Crippen LogP contribution >= 0.6 is 0 Å². The molecule has 1 heteroatoms. The Bertz CT molecular complexity index is 1470. The van der Waals surface area contributed by atoms with Crippen molar-refractivity contribution in [1.29, 1.82) is 0 Å². The van der Waals surface area contributed by atoms with Crippen LogP contribution in [0.3, 0.4) is 0 Å². The monoisotopic (exact) mass is 421 g/mol. The van der Waals surface area contributed by atoms with Crippen LogP contribution in [0.25, 0.3) is 11.1 Å². The number of fused-ring (bicyclic) bond motifs is 5. The van der Waals surface area contributed by atoms with Gasteiger partial charge in [-0.15, -0.1) is 0 Å². The minimum Gasteiger partial charge on any atom is -0.355 e. The van der Waals surface area contributed by atoms with Crippen molar-refractivity contribution in [2.75, 3.05) is 5.32 Å². The van der Waals surface area contributed by atoms with E-state index in [-0.39, 0.29) is 0 Å². The molecule has 0 bridgehead atoms. The van der Waals surface area contributed by atoms with Gasteiger partial charge in [0.05, 0.1) is 5.41 Å². The first kappa shape index (κ1) is 18.5. The van der Waals surface area contributed by atoms with Crippen molar-refractivity contribution in [2.45, 2.75) is 11.8 Å². The molecule has 1 aliphatic carbocycles. The lowest BCUT2D eigenvalue weighted by atomic mass is 9.61. The van der Waals surface area contributed by atoms with Crippen molar-refractivity contribution < 1.29 is 0 Å². The highest BCUT2D eigenvalue weighted by Crippen LogP contribution is 2.56. The van der Waals surface area contributed by atoms with Gasteiger partial charge in [0.15, 0.2) is 0 Å². The highest BCUT2D eigenvalue weighted by atomic mass is 14.9. The number of rotatable bonds is 2. The van der Waals surface area contributed by atoms with Crippen LogP contribution in [-0.2, 0) is 11.8 Å². The van der Waals surface area contributed by atoms with Gasteiger partial charge in [0.25, 0.3) is 0 Å². The van der Waals surface area contributed by atoms with Crippen molar-refractivity contribution in [3.05, 3.63) is 155 Å². The molecule has 0 radical (unpaired) electrons. The first-order valence-electron chi connectivity index (χ1n) is 11.6. The van der Waals surface area contributed by atoms with Crippen molar-refractivity contribution in [2.24, 2.45) is 0 Å². The molecule has 1 nitrogen and oxygen atoms in total. The second kappa shape index (κ2) is 6.95. The zero-order chi connectivity index (χ0) is 21.8. The van der Waals surface area contributed by atoms with E-state index in [4.69, 9.17) is 0 Å². The molecule has 33 heavy (non-hydrogen) atoms. The lowest BCUT2D eigenvalue weighted by Crippen LogP contribution is -2.36. The molecular weight excluding hydrogens is 398 g/mol. The van der Waals surface area contributed by atoms with Crippen molar-refractivity contribution in [3.63, 3.8) is 0 Å². The summed E-state index contributed by atoms with van der Waals surface area (Å²) in [5.41, 5.74) is 12.8. The molecular formula is C32H23N. The lowest BCUT2D eigenvalue weighted by Gasteiger charge is -2.43. The predicted molar refractivity (Wildman–Crippen MR) is 136 cm³/mol. The van der Waals surface area contributed by atoms with Crippen LogP contribution in [0, 0.1) is 0 Å². The third kappa shape index (κ3) is 2.48. The lowest BCUT2D eigenvalue weighted by molar-refractivity contribution is 0.732. The topological polar surface area (TPSA) is 12.0 Å². The normalized spacial score (nSPS) is 14.4. The van der Waals surface area contributed by atoms with Gasteiger partial charge in [0.2, 0.25) is 0 Å². The summed E-state index contributed by atoms with van der Waals surface area (Å²) in [6.07, 6.45) is 0.966. The Morgan fingerprint density at radius 1 is 0.485 bits per heavy atom. The summed E-state index contributed by atoms with van der Waals surface area (Å²) >= 11 is 0. The molecule has 0 aromatic heterocycles. The highest BCUT2D eigenvalue weighted by Gasteiger charge is 2.45. The number of hydrogen-bond acceptors (Lipinski definition) is 1. The standard InChI is InChI=1S/C32H23N/c1-2-12-23(13-3-1)32(27-18-10-15-25-24-14-5-4-11-22(24)21-26(25)27)28-16-6-8-19-30(28)33-31-20-9-7-17-29(31)32/h1-20,33H,21H2. The number of anilines is 2. The van der Waals surface area contributed by atoms with Crippen LogP contribution in [0.5, 0.6) is 0 Å². The maximum atomic E-state index is 3.72. The Labute approximate surface area is 194 Å². The molecule has 1 aliphatic heterocycles. The van der Waals surface area contributed by atoms with E-state index >= 15 is 0 Å². The number of para-hydroxylation sites is 2. The summed E-state index contributed by atoms with van der Waals surface area (Å²) in [5, 5.41) is 3.72. The Balaban J connectivity index is 1.64. The number of benzene rings is 5. The molecule has 5 aromatic carbocycles. The van der Waals surface area contributed by atoms with Crippen LogP contribution in [0.1, 0.15) is 33.4 Å². The second-order valence-electron chi connectivity index (χ2n) is 9.00. The van der Waals surface area contributed by atoms with E-state index < -0.39 is 5.41 Å². The molecule has 0 spiro atoms. The fourth-order valence-electron chi connectivity index (χ4n) is 6.08. The fourth-order valence-corrected chi connectivity index (χ4v) is 6.08. The van der Waals surface area contributed by atoms with Crippen molar-refractivity contribution in [1.82, 2.24) is 0 Å². The first-order valence-corrected chi connectivity index (χ1v) is 11.6.